The first-order valence-corrected chi connectivity index (χ1v) is 8.59. The third-order valence-corrected chi connectivity index (χ3v) is 5.75. The summed E-state index contributed by atoms with van der Waals surface area (Å²) in [7, 11) is 0. The van der Waals surface area contributed by atoms with E-state index in [-0.39, 0.29) is 6.04 Å². The van der Waals surface area contributed by atoms with E-state index in [1.807, 2.05) is 12.4 Å². The van der Waals surface area contributed by atoms with Gasteiger partial charge >= 0.3 is 0 Å². The fraction of sp³-hybridized carbons (Fsp3) is 0.526. The van der Waals surface area contributed by atoms with Gasteiger partial charge in [-0.3, -0.25) is 4.98 Å². The Morgan fingerprint density at radius 1 is 1.09 bits per heavy atom. The van der Waals surface area contributed by atoms with Crippen LogP contribution in [0.4, 0.5) is 5.69 Å². The number of hydrogen-bond donors (Lipinski definition) is 2. The minimum Gasteiger partial charge on any atom is -0.387 e. The van der Waals surface area contributed by atoms with E-state index in [0.717, 1.165) is 30.3 Å². The number of anilines is 1. The van der Waals surface area contributed by atoms with Crippen LogP contribution in [0, 0.1) is 5.92 Å². The number of pyridine rings is 1. The van der Waals surface area contributed by atoms with E-state index in [0.29, 0.717) is 5.92 Å². The van der Waals surface area contributed by atoms with Crippen molar-refractivity contribution in [2.24, 2.45) is 5.92 Å². The maximum atomic E-state index is 11.3. The highest BCUT2D eigenvalue weighted by molar-refractivity contribution is 5.93. The Morgan fingerprint density at radius 3 is 2.95 bits per heavy atom. The summed E-state index contributed by atoms with van der Waals surface area (Å²) in [5.41, 5.74) is 0.607. The second-order valence-corrected chi connectivity index (χ2v) is 6.96. The molecule has 2 fully saturated rings. The smallest absolute Gasteiger partial charge is 0.0875 e. The largest absolute Gasteiger partial charge is 0.387 e. The van der Waals surface area contributed by atoms with Crippen molar-refractivity contribution < 1.29 is 5.11 Å². The number of hydrogen-bond acceptors (Lipinski definition) is 3. The Morgan fingerprint density at radius 2 is 2.00 bits per heavy atom. The Labute approximate surface area is 131 Å². The molecule has 22 heavy (non-hydrogen) atoms. The second-order valence-electron chi connectivity index (χ2n) is 6.96. The Balaban J connectivity index is 1.66. The minimum absolute atomic E-state index is 0.172. The van der Waals surface area contributed by atoms with Gasteiger partial charge in [-0.1, -0.05) is 31.4 Å². The van der Waals surface area contributed by atoms with Crippen LogP contribution in [0.25, 0.3) is 10.8 Å². The first-order chi connectivity index (χ1) is 10.8. The van der Waals surface area contributed by atoms with Gasteiger partial charge in [-0.2, -0.15) is 0 Å². The lowest BCUT2D eigenvalue weighted by Gasteiger charge is -2.49. The number of benzene rings is 1. The lowest BCUT2D eigenvalue weighted by molar-refractivity contribution is -0.0834. The van der Waals surface area contributed by atoms with E-state index in [2.05, 4.69) is 34.6 Å². The third kappa shape index (κ3) is 2.28. The summed E-state index contributed by atoms with van der Waals surface area (Å²) < 4.78 is 0. The van der Waals surface area contributed by atoms with Crippen molar-refractivity contribution in [3.05, 3.63) is 36.7 Å². The van der Waals surface area contributed by atoms with E-state index in [1.54, 1.807) is 0 Å². The summed E-state index contributed by atoms with van der Waals surface area (Å²) in [4.78, 5) is 4.20. The minimum atomic E-state index is -0.522. The molecule has 1 heterocycles. The molecule has 2 aliphatic rings. The molecule has 0 bridgehead atoms. The van der Waals surface area contributed by atoms with Gasteiger partial charge in [0.1, 0.15) is 0 Å². The Kier molecular flexibility index (Phi) is 3.53. The van der Waals surface area contributed by atoms with Gasteiger partial charge in [-0.05, 0) is 43.7 Å². The molecule has 116 valence electrons. The number of nitrogens with one attached hydrogen (secondary N) is 1. The molecule has 0 amide bonds. The van der Waals surface area contributed by atoms with Gasteiger partial charge in [0.2, 0.25) is 0 Å². The van der Waals surface area contributed by atoms with E-state index in [1.165, 1.54) is 31.1 Å². The molecule has 0 spiro atoms. The molecule has 0 unspecified atom stereocenters. The van der Waals surface area contributed by atoms with E-state index >= 15 is 0 Å². The zero-order chi connectivity index (χ0) is 15.0. The highest BCUT2D eigenvalue weighted by atomic mass is 16.3. The zero-order valence-corrected chi connectivity index (χ0v) is 13.0. The molecule has 2 aliphatic carbocycles. The van der Waals surface area contributed by atoms with Crippen molar-refractivity contribution in [3.63, 3.8) is 0 Å². The van der Waals surface area contributed by atoms with Crippen molar-refractivity contribution >= 4 is 16.5 Å². The van der Waals surface area contributed by atoms with Crippen LogP contribution in [0.2, 0.25) is 0 Å². The maximum absolute atomic E-state index is 11.3. The monoisotopic (exact) mass is 296 g/mol. The molecule has 2 N–H and O–H groups in total. The lowest BCUT2D eigenvalue weighted by Crippen LogP contribution is -2.56. The summed E-state index contributed by atoms with van der Waals surface area (Å²) in [6.07, 6.45) is 11.8. The molecule has 3 atom stereocenters. The first-order valence-electron chi connectivity index (χ1n) is 8.59. The summed E-state index contributed by atoms with van der Waals surface area (Å²) in [6, 6.07) is 8.51. The topological polar surface area (TPSA) is 45.1 Å². The summed E-state index contributed by atoms with van der Waals surface area (Å²) in [5, 5.41) is 17.3. The summed E-state index contributed by atoms with van der Waals surface area (Å²) in [6.45, 7) is 0. The molecule has 2 saturated carbocycles. The number of aromatic nitrogens is 1. The van der Waals surface area contributed by atoms with Crippen molar-refractivity contribution in [2.45, 2.75) is 56.6 Å². The average molecular weight is 296 g/mol. The van der Waals surface area contributed by atoms with Gasteiger partial charge in [0.05, 0.1) is 11.6 Å². The van der Waals surface area contributed by atoms with Crippen LogP contribution >= 0.6 is 0 Å². The van der Waals surface area contributed by atoms with Crippen LogP contribution in [-0.4, -0.2) is 21.7 Å². The molecule has 1 aromatic heterocycles. The first kappa shape index (κ1) is 14.0. The van der Waals surface area contributed by atoms with Gasteiger partial charge in [0.15, 0.2) is 0 Å². The SMILES string of the molecule is O[C@]12CCCC[C@@H]1CCC[C@@H]2Nc1cccc2cnccc12. The van der Waals surface area contributed by atoms with E-state index in [4.69, 9.17) is 0 Å². The van der Waals surface area contributed by atoms with Gasteiger partial charge < -0.3 is 10.4 Å². The summed E-state index contributed by atoms with van der Waals surface area (Å²) >= 11 is 0. The Hall–Kier alpha value is -1.61. The molecule has 3 heteroatoms. The van der Waals surface area contributed by atoms with E-state index in [9.17, 15) is 5.11 Å². The highest BCUT2D eigenvalue weighted by Gasteiger charge is 2.47. The number of nitrogens with zero attached hydrogens (tertiary/aromatic N) is 1. The van der Waals surface area contributed by atoms with Gasteiger partial charge in [-0.15, -0.1) is 0 Å². The highest BCUT2D eigenvalue weighted by Crippen LogP contribution is 2.45. The maximum Gasteiger partial charge on any atom is 0.0875 e. The molecule has 3 nitrogen and oxygen atoms in total. The third-order valence-electron chi connectivity index (χ3n) is 5.75. The molecule has 0 aliphatic heterocycles. The molecule has 0 radical (unpaired) electrons. The molecular formula is C19H24N2O. The fourth-order valence-electron chi connectivity index (χ4n) is 4.56. The van der Waals surface area contributed by atoms with Crippen LogP contribution in [0.1, 0.15) is 44.9 Å². The molecule has 1 aromatic carbocycles. The van der Waals surface area contributed by atoms with Gasteiger partial charge in [-0.25, -0.2) is 0 Å². The quantitative estimate of drug-likeness (QED) is 0.876. The average Bonchev–Trinajstić information content (AvgIpc) is 2.56. The lowest BCUT2D eigenvalue weighted by atomic mass is 9.65. The van der Waals surface area contributed by atoms with Crippen molar-refractivity contribution in [3.8, 4) is 0 Å². The van der Waals surface area contributed by atoms with Crippen molar-refractivity contribution in [1.29, 1.82) is 0 Å². The zero-order valence-electron chi connectivity index (χ0n) is 13.0. The van der Waals surface area contributed by atoms with Gasteiger partial charge in [0.25, 0.3) is 0 Å². The van der Waals surface area contributed by atoms with Crippen LogP contribution < -0.4 is 5.32 Å². The normalized spacial score (nSPS) is 31.7. The fourth-order valence-corrected chi connectivity index (χ4v) is 4.56. The predicted molar refractivity (Wildman–Crippen MR) is 89.9 cm³/mol. The molecule has 0 saturated heterocycles. The van der Waals surface area contributed by atoms with Crippen LogP contribution in [0.15, 0.2) is 36.7 Å². The van der Waals surface area contributed by atoms with Crippen molar-refractivity contribution in [2.75, 3.05) is 5.32 Å². The van der Waals surface area contributed by atoms with Crippen molar-refractivity contribution in [1.82, 2.24) is 4.98 Å². The predicted octanol–water partition coefficient (Wildman–Crippen LogP) is 4.12. The van der Waals surface area contributed by atoms with E-state index < -0.39 is 5.60 Å². The molecule has 2 aromatic rings. The standard InChI is InChI=1S/C19H24N2O/c22-19-11-2-1-6-15(19)7-4-9-18(19)21-17-8-3-5-14-13-20-12-10-16(14)17/h3,5,8,10,12-13,15,18,21-22H,1-2,4,6-7,9,11H2/t15-,18+,19-/m1/s1. The van der Waals surface area contributed by atoms with Crippen LogP contribution in [0.3, 0.4) is 0 Å². The molecule has 4 rings (SSSR count). The number of rotatable bonds is 2. The van der Waals surface area contributed by atoms with Crippen LogP contribution in [-0.2, 0) is 0 Å². The number of aliphatic hydroxyl groups is 1. The van der Waals surface area contributed by atoms with Crippen LogP contribution in [0.5, 0.6) is 0 Å². The van der Waals surface area contributed by atoms with Gasteiger partial charge in [0, 0.05) is 28.9 Å². The second kappa shape index (κ2) is 5.54. The number of fused-ring (bicyclic) bond motifs is 2. The Bertz CT molecular complexity index is 664. The molecular weight excluding hydrogens is 272 g/mol. The summed E-state index contributed by atoms with van der Waals surface area (Å²) in [5.74, 6) is 0.476.